The molecule has 0 bridgehead atoms. The maximum Gasteiger partial charge on any atom is 0.338 e. The average molecular weight is 402 g/mol. The molecule has 0 aliphatic rings. The molecule has 1 amide bonds. The number of anilines is 1. The molecule has 0 aromatic heterocycles. The summed E-state index contributed by atoms with van der Waals surface area (Å²) in [5, 5.41) is 13.6. The van der Waals surface area contributed by atoms with Gasteiger partial charge in [-0.2, -0.15) is 0 Å². The fourth-order valence-electron chi connectivity index (χ4n) is 2.35. The van der Waals surface area contributed by atoms with Crippen molar-refractivity contribution in [3.63, 3.8) is 0 Å². The van der Waals surface area contributed by atoms with Crippen LogP contribution in [0.15, 0.2) is 42.5 Å². The van der Waals surface area contributed by atoms with E-state index in [1.54, 1.807) is 12.1 Å². The standard InChI is InChI=1S/C20H22N2O7/c1-12(2)28-15-7-5-14(6-8-15)20(24)29-13(3)19(23)21-17-10-9-16(27-4)11-18(17)22(25)26/h5-13H,1-4H3,(H,21,23)/t13-/m1/s1. The SMILES string of the molecule is COc1ccc(NC(=O)[C@@H](C)OC(=O)c2ccc(OC(C)C)cc2)c([N+](=O)[O-])c1. The Labute approximate surface area is 167 Å². The predicted molar refractivity (Wildman–Crippen MR) is 105 cm³/mol. The van der Waals surface area contributed by atoms with E-state index in [0.717, 1.165) is 0 Å². The number of esters is 1. The number of hydrogen-bond donors (Lipinski definition) is 1. The van der Waals surface area contributed by atoms with Gasteiger partial charge in [-0.25, -0.2) is 4.79 Å². The molecule has 0 heterocycles. The van der Waals surface area contributed by atoms with Gasteiger partial charge in [0.1, 0.15) is 17.2 Å². The van der Waals surface area contributed by atoms with Crippen molar-refractivity contribution in [1.29, 1.82) is 0 Å². The number of amides is 1. The first-order valence-electron chi connectivity index (χ1n) is 8.82. The second kappa shape index (κ2) is 9.54. The molecule has 0 aliphatic carbocycles. The molecule has 0 aliphatic heterocycles. The fourth-order valence-corrected chi connectivity index (χ4v) is 2.35. The minimum atomic E-state index is -1.17. The molecule has 9 nitrogen and oxygen atoms in total. The van der Waals surface area contributed by atoms with Crippen molar-refractivity contribution < 1.29 is 28.7 Å². The Morgan fingerprint density at radius 1 is 1.03 bits per heavy atom. The van der Waals surface area contributed by atoms with E-state index in [9.17, 15) is 19.7 Å². The molecule has 9 heteroatoms. The monoisotopic (exact) mass is 402 g/mol. The summed E-state index contributed by atoms with van der Waals surface area (Å²) >= 11 is 0. The molecule has 0 saturated carbocycles. The van der Waals surface area contributed by atoms with Gasteiger partial charge in [-0.05, 0) is 57.2 Å². The Hall–Kier alpha value is -3.62. The van der Waals surface area contributed by atoms with Crippen LogP contribution in [-0.4, -0.2) is 36.1 Å². The summed E-state index contributed by atoms with van der Waals surface area (Å²) in [6.07, 6.45) is -1.17. The number of methoxy groups -OCH3 is 1. The molecular formula is C20H22N2O7. The topological polar surface area (TPSA) is 117 Å². The molecule has 0 radical (unpaired) electrons. The van der Waals surface area contributed by atoms with Crippen LogP contribution < -0.4 is 14.8 Å². The number of nitro groups is 1. The second-order valence-corrected chi connectivity index (χ2v) is 6.37. The molecule has 2 aromatic carbocycles. The van der Waals surface area contributed by atoms with Gasteiger partial charge in [0.25, 0.3) is 11.6 Å². The highest BCUT2D eigenvalue weighted by molar-refractivity contribution is 5.98. The number of benzene rings is 2. The third-order valence-electron chi connectivity index (χ3n) is 3.77. The maximum atomic E-state index is 12.3. The van der Waals surface area contributed by atoms with Crippen molar-refractivity contribution in [2.45, 2.75) is 33.0 Å². The first kappa shape index (κ1) is 21.7. The lowest BCUT2D eigenvalue weighted by Gasteiger charge is -2.14. The smallest absolute Gasteiger partial charge is 0.338 e. The molecule has 0 fully saturated rings. The van der Waals surface area contributed by atoms with E-state index >= 15 is 0 Å². The summed E-state index contributed by atoms with van der Waals surface area (Å²) in [5.74, 6) is -0.521. The number of ether oxygens (including phenoxy) is 3. The van der Waals surface area contributed by atoms with Gasteiger partial charge in [-0.15, -0.1) is 0 Å². The zero-order valence-corrected chi connectivity index (χ0v) is 16.5. The maximum absolute atomic E-state index is 12.3. The lowest BCUT2D eigenvalue weighted by molar-refractivity contribution is -0.384. The summed E-state index contributed by atoms with van der Waals surface area (Å²) in [6, 6.07) is 10.3. The number of nitrogens with zero attached hydrogens (tertiary/aromatic N) is 1. The quantitative estimate of drug-likeness (QED) is 0.407. The lowest BCUT2D eigenvalue weighted by atomic mass is 10.2. The van der Waals surface area contributed by atoms with E-state index < -0.39 is 22.9 Å². The van der Waals surface area contributed by atoms with Gasteiger partial charge >= 0.3 is 5.97 Å². The van der Waals surface area contributed by atoms with Crippen LogP contribution in [0.4, 0.5) is 11.4 Å². The Balaban J connectivity index is 2.03. The molecule has 2 aromatic rings. The van der Waals surface area contributed by atoms with Gasteiger partial charge in [-0.1, -0.05) is 0 Å². The van der Waals surface area contributed by atoms with Crippen LogP contribution in [0.2, 0.25) is 0 Å². The van der Waals surface area contributed by atoms with Crippen LogP contribution in [0.1, 0.15) is 31.1 Å². The molecule has 0 spiro atoms. The Morgan fingerprint density at radius 2 is 1.66 bits per heavy atom. The third-order valence-corrected chi connectivity index (χ3v) is 3.77. The van der Waals surface area contributed by atoms with Gasteiger partial charge in [0.15, 0.2) is 6.10 Å². The molecular weight excluding hydrogens is 380 g/mol. The zero-order chi connectivity index (χ0) is 21.6. The number of hydrogen-bond acceptors (Lipinski definition) is 7. The van der Waals surface area contributed by atoms with Crippen LogP contribution in [0.5, 0.6) is 11.5 Å². The minimum absolute atomic E-state index is 0.00136. The number of nitrogens with one attached hydrogen (secondary N) is 1. The van der Waals surface area contributed by atoms with Crippen molar-refractivity contribution in [3.05, 3.63) is 58.1 Å². The van der Waals surface area contributed by atoms with Crippen LogP contribution in [0.3, 0.4) is 0 Å². The van der Waals surface area contributed by atoms with Crippen LogP contribution in [0, 0.1) is 10.1 Å². The van der Waals surface area contributed by atoms with E-state index in [4.69, 9.17) is 14.2 Å². The third kappa shape index (κ3) is 5.93. The average Bonchev–Trinajstić information content (AvgIpc) is 2.68. The van der Waals surface area contributed by atoms with Crippen LogP contribution in [0.25, 0.3) is 0 Å². The first-order valence-corrected chi connectivity index (χ1v) is 8.82. The molecule has 0 unspecified atom stereocenters. The number of carbonyl (C=O) groups is 2. The molecule has 1 atom stereocenters. The molecule has 154 valence electrons. The molecule has 29 heavy (non-hydrogen) atoms. The van der Waals surface area contributed by atoms with Gasteiger partial charge < -0.3 is 19.5 Å². The lowest BCUT2D eigenvalue weighted by Crippen LogP contribution is -2.30. The van der Waals surface area contributed by atoms with E-state index in [-0.39, 0.29) is 28.8 Å². The molecule has 2 rings (SSSR count). The van der Waals surface area contributed by atoms with Gasteiger partial charge in [0.05, 0.1) is 29.8 Å². The van der Waals surface area contributed by atoms with E-state index in [0.29, 0.717) is 5.75 Å². The summed E-state index contributed by atoms with van der Waals surface area (Å²) in [7, 11) is 1.38. The predicted octanol–water partition coefficient (Wildman–Crippen LogP) is 3.57. The summed E-state index contributed by atoms with van der Waals surface area (Å²) in [5.41, 5.74) is -0.118. The van der Waals surface area contributed by atoms with Crippen molar-refractivity contribution in [2.24, 2.45) is 0 Å². The highest BCUT2D eigenvalue weighted by Gasteiger charge is 2.23. The number of carbonyl (C=O) groups excluding carboxylic acids is 2. The number of rotatable bonds is 8. The normalized spacial score (nSPS) is 11.5. The van der Waals surface area contributed by atoms with Gasteiger partial charge in [0, 0.05) is 0 Å². The van der Waals surface area contributed by atoms with E-state index in [2.05, 4.69) is 5.32 Å². The Bertz CT molecular complexity index is 894. The van der Waals surface area contributed by atoms with Crippen molar-refractivity contribution >= 4 is 23.3 Å². The highest BCUT2D eigenvalue weighted by atomic mass is 16.6. The zero-order valence-electron chi connectivity index (χ0n) is 16.5. The van der Waals surface area contributed by atoms with Crippen molar-refractivity contribution in [1.82, 2.24) is 0 Å². The van der Waals surface area contributed by atoms with Crippen molar-refractivity contribution in [3.8, 4) is 11.5 Å². The van der Waals surface area contributed by atoms with E-state index in [1.807, 2.05) is 13.8 Å². The van der Waals surface area contributed by atoms with Gasteiger partial charge in [0.2, 0.25) is 0 Å². The molecule has 0 saturated heterocycles. The van der Waals surface area contributed by atoms with Crippen molar-refractivity contribution in [2.75, 3.05) is 12.4 Å². The molecule has 1 N–H and O–H groups in total. The first-order chi connectivity index (χ1) is 13.7. The van der Waals surface area contributed by atoms with Crippen LogP contribution >= 0.6 is 0 Å². The van der Waals surface area contributed by atoms with Gasteiger partial charge in [-0.3, -0.25) is 14.9 Å². The largest absolute Gasteiger partial charge is 0.496 e. The summed E-state index contributed by atoms with van der Waals surface area (Å²) in [4.78, 5) is 35.1. The Morgan fingerprint density at radius 3 is 2.21 bits per heavy atom. The Kier molecular flexibility index (Phi) is 7.13. The summed E-state index contributed by atoms with van der Waals surface area (Å²) < 4.78 is 15.6. The highest BCUT2D eigenvalue weighted by Crippen LogP contribution is 2.29. The number of nitro benzene ring substituents is 1. The fraction of sp³-hybridized carbons (Fsp3) is 0.300. The second-order valence-electron chi connectivity index (χ2n) is 6.37. The summed E-state index contributed by atoms with van der Waals surface area (Å²) in [6.45, 7) is 5.14. The van der Waals surface area contributed by atoms with E-state index in [1.165, 1.54) is 44.4 Å². The minimum Gasteiger partial charge on any atom is -0.496 e. The van der Waals surface area contributed by atoms with Crippen LogP contribution in [-0.2, 0) is 9.53 Å².